The quantitative estimate of drug-likeness (QED) is 0.0845. The molecule has 0 radical (unpaired) electrons. The SMILES string of the molecule is CCCCCCCCCCCCCCCCC(O)C(=O)OCCCCCCCCCCCC.CCO. The Kier molecular flexibility index (Phi) is 35.9. The van der Waals surface area contributed by atoms with Gasteiger partial charge in [0.1, 0.15) is 0 Å². The molecule has 0 aliphatic rings. The molecule has 0 bridgehead atoms. The van der Waals surface area contributed by atoms with Crippen molar-refractivity contribution in [2.75, 3.05) is 13.2 Å². The number of aliphatic hydroxyl groups is 2. The zero-order chi connectivity index (χ0) is 27.0. The lowest BCUT2D eigenvalue weighted by molar-refractivity contribution is -0.154. The zero-order valence-corrected chi connectivity index (χ0v) is 24.9. The van der Waals surface area contributed by atoms with Crippen LogP contribution < -0.4 is 0 Å². The van der Waals surface area contributed by atoms with E-state index < -0.39 is 12.1 Å². The van der Waals surface area contributed by atoms with Crippen LogP contribution in [0.1, 0.15) is 181 Å². The number of ether oxygens (including phenoxy) is 1. The highest BCUT2D eigenvalue weighted by Crippen LogP contribution is 2.14. The second-order valence-electron chi connectivity index (χ2n) is 10.6. The summed E-state index contributed by atoms with van der Waals surface area (Å²) < 4.78 is 5.26. The molecule has 0 heterocycles. The number of aliphatic hydroxyl groups excluding tert-OH is 2. The Hall–Kier alpha value is -0.610. The molecular weight excluding hydrogens is 448 g/mol. The minimum absolute atomic E-state index is 0.250. The predicted molar refractivity (Wildman–Crippen MR) is 156 cm³/mol. The third-order valence-electron chi connectivity index (χ3n) is 6.85. The van der Waals surface area contributed by atoms with Crippen LogP contribution in [0.4, 0.5) is 0 Å². The largest absolute Gasteiger partial charge is 0.464 e. The number of carbonyl (C=O) groups excluding carboxylic acids is 1. The van der Waals surface area contributed by atoms with E-state index >= 15 is 0 Å². The fourth-order valence-electron chi connectivity index (χ4n) is 4.51. The van der Waals surface area contributed by atoms with Gasteiger partial charge in [-0.2, -0.15) is 0 Å². The Morgan fingerprint density at radius 3 is 1.14 bits per heavy atom. The summed E-state index contributed by atoms with van der Waals surface area (Å²) in [5.41, 5.74) is 0. The minimum Gasteiger partial charge on any atom is -0.464 e. The van der Waals surface area contributed by atoms with Gasteiger partial charge in [0.15, 0.2) is 6.10 Å². The number of hydrogen-bond donors (Lipinski definition) is 2. The van der Waals surface area contributed by atoms with Crippen molar-refractivity contribution in [3.05, 3.63) is 0 Å². The molecule has 0 rings (SSSR count). The van der Waals surface area contributed by atoms with Crippen molar-refractivity contribution in [1.82, 2.24) is 0 Å². The molecular formula is C32H66O4. The molecule has 1 atom stereocenters. The Morgan fingerprint density at radius 2 is 0.806 bits per heavy atom. The smallest absolute Gasteiger partial charge is 0.334 e. The number of carbonyl (C=O) groups is 1. The second kappa shape index (κ2) is 34.4. The summed E-state index contributed by atoms with van der Waals surface area (Å²) in [5, 5.41) is 17.6. The van der Waals surface area contributed by atoms with Crippen LogP contribution in [0.2, 0.25) is 0 Å². The van der Waals surface area contributed by atoms with Gasteiger partial charge in [0.25, 0.3) is 0 Å². The summed E-state index contributed by atoms with van der Waals surface area (Å²) in [6, 6.07) is 0. The zero-order valence-electron chi connectivity index (χ0n) is 24.9. The van der Waals surface area contributed by atoms with Gasteiger partial charge in [-0.25, -0.2) is 4.79 Å². The van der Waals surface area contributed by atoms with E-state index in [1.54, 1.807) is 6.92 Å². The van der Waals surface area contributed by atoms with Crippen molar-refractivity contribution in [2.45, 2.75) is 187 Å². The van der Waals surface area contributed by atoms with Gasteiger partial charge in [-0.3, -0.25) is 0 Å². The van der Waals surface area contributed by atoms with E-state index in [9.17, 15) is 9.90 Å². The van der Waals surface area contributed by atoms with Crippen molar-refractivity contribution in [3.63, 3.8) is 0 Å². The molecule has 4 nitrogen and oxygen atoms in total. The van der Waals surface area contributed by atoms with E-state index in [2.05, 4.69) is 13.8 Å². The van der Waals surface area contributed by atoms with Gasteiger partial charge in [-0.1, -0.05) is 162 Å². The summed E-state index contributed by atoms with van der Waals surface area (Å²) in [4.78, 5) is 11.9. The van der Waals surface area contributed by atoms with Crippen LogP contribution in [0.3, 0.4) is 0 Å². The molecule has 0 aromatic carbocycles. The highest BCUT2D eigenvalue weighted by molar-refractivity contribution is 5.74. The minimum atomic E-state index is -0.926. The first-order chi connectivity index (χ1) is 17.6. The van der Waals surface area contributed by atoms with Crippen LogP contribution in [0.5, 0.6) is 0 Å². The Bertz CT molecular complexity index is 400. The standard InChI is InChI=1S/C30H60O3.C2H6O/c1-3-5-7-9-11-13-15-16-17-18-19-21-23-25-27-29(31)30(32)33-28-26-24-22-20-14-12-10-8-6-4-2;1-2-3/h29,31H,3-28H2,1-2H3;3H,2H2,1H3. The summed E-state index contributed by atoms with van der Waals surface area (Å²) in [7, 11) is 0. The van der Waals surface area contributed by atoms with E-state index in [0.717, 1.165) is 25.7 Å². The van der Waals surface area contributed by atoms with Crippen LogP contribution in [0.25, 0.3) is 0 Å². The normalized spacial score (nSPS) is 11.7. The first-order valence-corrected chi connectivity index (χ1v) is 16.1. The fourth-order valence-corrected chi connectivity index (χ4v) is 4.51. The molecule has 0 aliphatic carbocycles. The fraction of sp³-hybridized carbons (Fsp3) is 0.969. The third-order valence-corrected chi connectivity index (χ3v) is 6.85. The van der Waals surface area contributed by atoms with Gasteiger partial charge in [-0.05, 0) is 19.8 Å². The summed E-state index contributed by atoms with van der Waals surface area (Å²) in [5.74, 6) is -0.416. The second-order valence-corrected chi connectivity index (χ2v) is 10.6. The predicted octanol–water partition coefficient (Wildman–Crippen LogP) is 9.68. The van der Waals surface area contributed by atoms with Gasteiger partial charge in [0, 0.05) is 6.61 Å². The lowest BCUT2D eigenvalue weighted by Gasteiger charge is -2.10. The number of rotatable bonds is 27. The molecule has 0 aromatic rings. The molecule has 0 aliphatic heterocycles. The van der Waals surface area contributed by atoms with Gasteiger partial charge in [0.2, 0.25) is 0 Å². The van der Waals surface area contributed by atoms with Crippen LogP contribution in [0, 0.1) is 0 Å². The van der Waals surface area contributed by atoms with Crippen molar-refractivity contribution in [2.24, 2.45) is 0 Å². The van der Waals surface area contributed by atoms with Crippen molar-refractivity contribution in [3.8, 4) is 0 Å². The van der Waals surface area contributed by atoms with Crippen LogP contribution in [-0.2, 0) is 9.53 Å². The lowest BCUT2D eigenvalue weighted by atomic mass is 10.0. The molecule has 218 valence electrons. The maximum absolute atomic E-state index is 11.9. The van der Waals surface area contributed by atoms with E-state index in [0.29, 0.717) is 13.0 Å². The molecule has 0 saturated heterocycles. The maximum Gasteiger partial charge on any atom is 0.334 e. The number of esters is 1. The van der Waals surface area contributed by atoms with Crippen LogP contribution >= 0.6 is 0 Å². The van der Waals surface area contributed by atoms with Crippen LogP contribution in [0.15, 0.2) is 0 Å². The van der Waals surface area contributed by atoms with E-state index in [1.807, 2.05) is 0 Å². The first kappa shape index (κ1) is 37.5. The monoisotopic (exact) mass is 514 g/mol. The van der Waals surface area contributed by atoms with Crippen LogP contribution in [-0.4, -0.2) is 35.5 Å². The molecule has 36 heavy (non-hydrogen) atoms. The molecule has 0 amide bonds. The number of hydrogen-bond acceptors (Lipinski definition) is 4. The number of unbranched alkanes of at least 4 members (excludes halogenated alkanes) is 22. The van der Waals surface area contributed by atoms with Gasteiger partial charge >= 0.3 is 5.97 Å². The van der Waals surface area contributed by atoms with Crippen molar-refractivity contribution < 1.29 is 19.7 Å². The van der Waals surface area contributed by atoms with E-state index in [1.165, 1.54) is 128 Å². The molecule has 4 heteroatoms. The Morgan fingerprint density at radius 1 is 0.528 bits per heavy atom. The lowest BCUT2D eigenvalue weighted by Crippen LogP contribution is -2.23. The Balaban J connectivity index is 0. The maximum atomic E-state index is 11.9. The van der Waals surface area contributed by atoms with E-state index in [4.69, 9.17) is 9.84 Å². The van der Waals surface area contributed by atoms with Gasteiger partial charge < -0.3 is 14.9 Å². The van der Waals surface area contributed by atoms with Crippen molar-refractivity contribution in [1.29, 1.82) is 0 Å². The molecule has 2 N–H and O–H groups in total. The first-order valence-electron chi connectivity index (χ1n) is 16.1. The highest BCUT2D eigenvalue weighted by atomic mass is 16.5. The third kappa shape index (κ3) is 33.4. The molecule has 1 unspecified atom stereocenters. The van der Waals surface area contributed by atoms with Gasteiger partial charge in [0.05, 0.1) is 6.61 Å². The average molecular weight is 515 g/mol. The Labute approximate surface area is 226 Å². The summed E-state index contributed by atoms with van der Waals surface area (Å²) >= 11 is 0. The highest BCUT2D eigenvalue weighted by Gasteiger charge is 2.15. The molecule has 0 aromatic heterocycles. The van der Waals surface area contributed by atoms with Crippen molar-refractivity contribution >= 4 is 5.97 Å². The van der Waals surface area contributed by atoms with Gasteiger partial charge in [-0.15, -0.1) is 0 Å². The molecule has 0 fully saturated rings. The average Bonchev–Trinajstić information content (AvgIpc) is 2.87. The topological polar surface area (TPSA) is 66.8 Å². The summed E-state index contributed by atoms with van der Waals surface area (Å²) in [6.45, 7) is 6.92. The molecule has 0 spiro atoms. The molecule has 0 saturated carbocycles. The van der Waals surface area contributed by atoms with E-state index in [-0.39, 0.29) is 6.61 Å². The summed E-state index contributed by atoms with van der Waals surface area (Å²) in [6.07, 6.45) is 30.8.